The second-order valence-corrected chi connectivity index (χ2v) is 6.15. The number of halogens is 3. The van der Waals surface area contributed by atoms with Gasteiger partial charge in [-0.15, -0.1) is 0 Å². The van der Waals surface area contributed by atoms with Gasteiger partial charge in [-0.1, -0.05) is 0 Å². The molecule has 3 rings (SSSR count). The topological polar surface area (TPSA) is 59.3 Å². The number of hydrogen-bond acceptors (Lipinski definition) is 4. The van der Waals surface area contributed by atoms with Crippen LogP contribution >= 0.6 is 11.8 Å². The van der Waals surface area contributed by atoms with Crippen LogP contribution in [0.25, 0.3) is 5.52 Å². The molecule has 1 unspecified atom stereocenters. The molecule has 1 atom stereocenters. The second kappa shape index (κ2) is 5.79. The average molecular weight is 330 g/mol. The van der Waals surface area contributed by atoms with Crippen LogP contribution in [-0.4, -0.2) is 37.8 Å². The highest BCUT2D eigenvalue weighted by Gasteiger charge is 2.38. The van der Waals surface area contributed by atoms with E-state index in [1.807, 2.05) is 0 Å². The van der Waals surface area contributed by atoms with Gasteiger partial charge in [-0.3, -0.25) is 14.2 Å². The molecule has 1 saturated heterocycles. The van der Waals surface area contributed by atoms with Crippen molar-refractivity contribution in [2.45, 2.75) is 25.1 Å². The van der Waals surface area contributed by atoms with Crippen LogP contribution in [0.3, 0.4) is 0 Å². The molecular formula is C13H13F3N4OS. The number of hydrogen-bond donors (Lipinski definition) is 1. The normalized spacial score (nSPS) is 19.3. The Morgan fingerprint density at radius 2 is 2.27 bits per heavy atom. The number of carbonyl (C=O) groups is 1. The summed E-state index contributed by atoms with van der Waals surface area (Å²) in [7, 11) is 0. The Hall–Kier alpha value is -1.77. The number of imidazole rings is 1. The highest BCUT2D eigenvalue weighted by atomic mass is 32.2. The molecule has 1 amide bonds. The van der Waals surface area contributed by atoms with Crippen molar-refractivity contribution in [2.75, 3.05) is 11.5 Å². The summed E-state index contributed by atoms with van der Waals surface area (Å²) in [6.07, 6.45) is 0.766. The minimum absolute atomic E-state index is 0.0333. The summed E-state index contributed by atoms with van der Waals surface area (Å²) in [5, 5.41) is 2.76. The molecule has 0 aromatic carbocycles. The van der Waals surface area contributed by atoms with Crippen LogP contribution in [0.5, 0.6) is 0 Å². The van der Waals surface area contributed by atoms with E-state index in [9.17, 15) is 18.0 Å². The zero-order valence-corrected chi connectivity index (χ0v) is 12.2. The van der Waals surface area contributed by atoms with Gasteiger partial charge in [0.2, 0.25) is 5.82 Å². The van der Waals surface area contributed by atoms with E-state index in [4.69, 9.17) is 0 Å². The first-order valence-corrected chi connectivity index (χ1v) is 7.90. The van der Waals surface area contributed by atoms with Crippen molar-refractivity contribution < 1.29 is 18.0 Å². The summed E-state index contributed by atoms with van der Waals surface area (Å²) < 4.78 is 39.9. The molecule has 22 heavy (non-hydrogen) atoms. The van der Waals surface area contributed by atoms with E-state index in [2.05, 4.69) is 15.3 Å². The lowest BCUT2D eigenvalue weighted by Crippen LogP contribution is -2.38. The number of nitrogens with zero attached hydrogens (tertiary/aromatic N) is 3. The average Bonchev–Trinajstić information content (AvgIpc) is 2.88. The number of fused-ring (bicyclic) bond motifs is 1. The molecule has 0 radical (unpaired) electrons. The van der Waals surface area contributed by atoms with E-state index in [0.717, 1.165) is 34.9 Å². The van der Waals surface area contributed by atoms with E-state index in [-0.39, 0.29) is 17.3 Å². The van der Waals surface area contributed by atoms with E-state index in [1.165, 1.54) is 12.4 Å². The zero-order chi connectivity index (χ0) is 15.7. The second-order valence-electron chi connectivity index (χ2n) is 5.00. The van der Waals surface area contributed by atoms with Crippen molar-refractivity contribution in [1.82, 2.24) is 19.7 Å². The predicted molar refractivity (Wildman–Crippen MR) is 75.8 cm³/mol. The largest absolute Gasteiger partial charge is 0.450 e. The zero-order valence-electron chi connectivity index (χ0n) is 11.4. The number of rotatable bonds is 2. The summed E-state index contributed by atoms with van der Waals surface area (Å²) in [6, 6.07) is -0.0333. The Bertz CT molecular complexity index is 694. The molecule has 118 valence electrons. The maximum absolute atomic E-state index is 13.0. The lowest BCUT2D eigenvalue weighted by Gasteiger charge is -2.21. The Morgan fingerprint density at radius 3 is 2.95 bits per heavy atom. The molecule has 0 bridgehead atoms. The fourth-order valence-corrected chi connectivity index (χ4v) is 3.49. The molecule has 1 N–H and O–H groups in total. The summed E-state index contributed by atoms with van der Waals surface area (Å²) in [6.45, 7) is 0. The lowest BCUT2D eigenvalue weighted by molar-refractivity contribution is -0.145. The van der Waals surface area contributed by atoms with Crippen LogP contribution in [0.15, 0.2) is 18.6 Å². The molecule has 1 fully saturated rings. The molecule has 0 aliphatic carbocycles. The van der Waals surface area contributed by atoms with Crippen molar-refractivity contribution in [3.05, 3.63) is 30.1 Å². The van der Waals surface area contributed by atoms with Gasteiger partial charge in [-0.25, -0.2) is 4.98 Å². The molecule has 1 aliphatic rings. The van der Waals surface area contributed by atoms with Gasteiger partial charge in [-0.2, -0.15) is 24.9 Å². The fourth-order valence-electron chi connectivity index (χ4n) is 2.41. The van der Waals surface area contributed by atoms with Gasteiger partial charge in [-0.05, 0) is 18.6 Å². The first-order chi connectivity index (χ1) is 10.5. The number of thioether (sulfide) groups is 1. The van der Waals surface area contributed by atoms with Gasteiger partial charge < -0.3 is 5.32 Å². The Kier molecular flexibility index (Phi) is 3.98. The SMILES string of the molecule is O=C(NC1CCCSC1)c1nc(C(F)(F)F)n2ccncc12. The van der Waals surface area contributed by atoms with E-state index in [1.54, 1.807) is 11.8 Å². The highest BCUT2D eigenvalue weighted by molar-refractivity contribution is 7.99. The van der Waals surface area contributed by atoms with Gasteiger partial charge in [0.25, 0.3) is 5.91 Å². The third-order valence-corrected chi connectivity index (χ3v) is 4.63. The number of amides is 1. The fraction of sp³-hybridized carbons (Fsp3) is 0.462. The van der Waals surface area contributed by atoms with Gasteiger partial charge in [0.1, 0.15) is 0 Å². The van der Waals surface area contributed by atoms with Gasteiger partial charge in [0.15, 0.2) is 5.69 Å². The van der Waals surface area contributed by atoms with Crippen LogP contribution in [0.2, 0.25) is 0 Å². The first kappa shape index (κ1) is 15.1. The number of alkyl halides is 3. The van der Waals surface area contributed by atoms with E-state index >= 15 is 0 Å². The van der Waals surface area contributed by atoms with Gasteiger partial charge in [0.05, 0.1) is 11.7 Å². The van der Waals surface area contributed by atoms with Gasteiger partial charge in [0, 0.05) is 24.2 Å². The minimum Gasteiger partial charge on any atom is -0.347 e. The molecule has 3 heterocycles. The van der Waals surface area contributed by atoms with Crippen molar-refractivity contribution in [3.8, 4) is 0 Å². The monoisotopic (exact) mass is 330 g/mol. The van der Waals surface area contributed by atoms with Crippen molar-refractivity contribution in [3.63, 3.8) is 0 Å². The summed E-state index contributed by atoms with van der Waals surface area (Å²) in [4.78, 5) is 19.6. The molecule has 1 aliphatic heterocycles. The Labute approximate surface area is 128 Å². The van der Waals surface area contributed by atoms with Crippen molar-refractivity contribution in [2.24, 2.45) is 0 Å². The first-order valence-electron chi connectivity index (χ1n) is 6.74. The third kappa shape index (κ3) is 2.90. The van der Waals surface area contributed by atoms with Crippen LogP contribution in [0, 0.1) is 0 Å². The summed E-state index contributed by atoms with van der Waals surface area (Å²) >= 11 is 1.72. The van der Waals surface area contributed by atoms with Crippen molar-refractivity contribution >= 4 is 23.2 Å². The molecule has 0 saturated carbocycles. The van der Waals surface area contributed by atoms with E-state index in [0.29, 0.717) is 0 Å². The van der Waals surface area contributed by atoms with Crippen LogP contribution in [-0.2, 0) is 6.18 Å². The molecule has 0 spiro atoms. The van der Waals surface area contributed by atoms with E-state index < -0.39 is 17.9 Å². The molecule has 9 heteroatoms. The highest BCUT2D eigenvalue weighted by Crippen LogP contribution is 2.30. The molecule has 5 nitrogen and oxygen atoms in total. The van der Waals surface area contributed by atoms with Crippen LogP contribution < -0.4 is 5.32 Å². The maximum Gasteiger partial charge on any atom is 0.450 e. The summed E-state index contributed by atoms with van der Waals surface area (Å²) in [5.41, 5.74) is -0.188. The van der Waals surface area contributed by atoms with Crippen molar-refractivity contribution in [1.29, 1.82) is 0 Å². The van der Waals surface area contributed by atoms with Crippen LogP contribution in [0.1, 0.15) is 29.2 Å². The Morgan fingerprint density at radius 1 is 1.45 bits per heavy atom. The number of carbonyl (C=O) groups excluding carboxylic acids is 1. The minimum atomic E-state index is -4.64. The smallest absolute Gasteiger partial charge is 0.347 e. The number of aromatic nitrogens is 3. The lowest BCUT2D eigenvalue weighted by atomic mass is 10.2. The molecule has 2 aromatic rings. The standard InChI is InChI=1S/C13H13F3N4OS/c14-13(15,16)12-19-10(9-6-17-3-4-20(9)12)11(21)18-8-2-1-5-22-7-8/h3-4,6,8H,1-2,5,7H2,(H,18,21). The quantitative estimate of drug-likeness (QED) is 0.918. The summed E-state index contributed by atoms with van der Waals surface area (Å²) in [5.74, 6) is 0.102. The predicted octanol–water partition coefficient (Wildman–Crippen LogP) is 2.37. The maximum atomic E-state index is 13.0. The molecular weight excluding hydrogens is 317 g/mol. The number of nitrogens with one attached hydrogen (secondary N) is 1. The van der Waals surface area contributed by atoms with Crippen LogP contribution in [0.4, 0.5) is 13.2 Å². The third-order valence-electron chi connectivity index (χ3n) is 3.41. The Balaban J connectivity index is 1.94. The molecule has 2 aromatic heterocycles. The van der Waals surface area contributed by atoms with Gasteiger partial charge >= 0.3 is 6.18 Å².